The van der Waals surface area contributed by atoms with E-state index in [0.29, 0.717) is 6.42 Å². The minimum absolute atomic E-state index is 0.0559. The van der Waals surface area contributed by atoms with Crippen molar-refractivity contribution in [3.8, 4) is 0 Å². The largest absolute Gasteiger partial charge is 0.481 e. The number of aliphatic hydroxyl groups is 2. The number of rotatable bonds is 11. The number of hydrogen-bond acceptors (Lipinski definition) is 5. The lowest BCUT2D eigenvalue weighted by Gasteiger charge is -2.42. The molecule has 3 N–H and O–H groups in total. The summed E-state index contributed by atoms with van der Waals surface area (Å²) in [7, 11) is 0. The van der Waals surface area contributed by atoms with Crippen LogP contribution >= 0.6 is 0 Å². The van der Waals surface area contributed by atoms with Crippen LogP contribution in [0.1, 0.15) is 79.1 Å². The zero-order valence-corrected chi connectivity index (χ0v) is 19.4. The van der Waals surface area contributed by atoms with Gasteiger partial charge in [-0.15, -0.1) is 0 Å². The van der Waals surface area contributed by atoms with Crippen molar-refractivity contribution in [2.45, 2.75) is 97.4 Å². The van der Waals surface area contributed by atoms with Gasteiger partial charge in [0.1, 0.15) is 6.10 Å². The van der Waals surface area contributed by atoms with Gasteiger partial charge >= 0.3 is 11.9 Å². The third-order valence-electron chi connectivity index (χ3n) is 7.45. The zero-order valence-electron chi connectivity index (χ0n) is 19.4. The molecule has 0 heterocycles. The Hall–Kier alpha value is -1.66. The van der Waals surface area contributed by atoms with E-state index in [1.165, 1.54) is 5.57 Å². The highest BCUT2D eigenvalue weighted by molar-refractivity contribution is 5.76. The lowest BCUT2D eigenvalue weighted by Crippen LogP contribution is -2.42. The number of hydrogen-bond donors (Lipinski definition) is 3. The molecule has 0 bridgehead atoms. The van der Waals surface area contributed by atoms with Crippen molar-refractivity contribution >= 4 is 11.9 Å². The summed E-state index contributed by atoms with van der Waals surface area (Å²) in [6.45, 7) is 8.16. The van der Waals surface area contributed by atoms with Gasteiger partial charge in [0.15, 0.2) is 0 Å². The van der Waals surface area contributed by atoms with Gasteiger partial charge in [0.25, 0.3) is 0 Å². The van der Waals surface area contributed by atoms with Crippen LogP contribution in [0.2, 0.25) is 0 Å². The van der Waals surface area contributed by atoms with E-state index in [4.69, 9.17) is 9.84 Å². The Bertz CT molecular complexity index is 677. The zero-order chi connectivity index (χ0) is 23.2. The first-order valence-electron chi connectivity index (χ1n) is 11.8. The summed E-state index contributed by atoms with van der Waals surface area (Å²) in [5.74, 6) is -0.594. The van der Waals surface area contributed by atoms with Gasteiger partial charge in [0.2, 0.25) is 0 Å². The Balaban J connectivity index is 2.08. The molecule has 0 amide bonds. The number of carboxylic acids is 1. The Morgan fingerprint density at radius 3 is 2.52 bits per heavy atom. The molecule has 0 aromatic rings. The van der Waals surface area contributed by atoms with E-state index >= 15 is 0 Å². The lowest BCUT2D eigenvalue weighted by atomic mass is 9.66. The monoisotopic (exact) mass is 436 g/mol. The van der Waals surface area contributed by atoms with E-state index in [0.717, 1.165) is 32.1 Å². The van der Waals surface area contributed by atoms with Crippen molar-refractivity contribution in [3.63, 3.8) is 0 Å². The summed E-state index contributed by atoms with van der Waals surface area (Å²) in [4.78, 5) is 23.7. The maximum atomic E-state index is 13.0. The highest BCUT2D eigenvalue weighted by atomic mass is 16.5. The van der Waals surface area contributed by atoms with Gasteiger partial charge in [-0.1, -0.05) is 39.0 Å². The summed E-state index contributed by atoms with van der Waals surface area (Å²) < 4.78 is 6.12. The second kappa shape index (κ2) is 11.3. The average molecular weight is 437 g/mol. The fraction of sp³-hybridized carbons (Fsp3) is 0.760. The van der Waals surface area contributed by atoms with E-state index < -0.39 is 23.6 Å². The molecule has 0 aliphatic heterocycles. The maximum Gasteiger partial charge on any atom is 0.312 e. The highest BCUT2D eigenvalue weighted by Crippen LogP contribution is 2.44. The first kappa shape index (κ1) is 25.6. The fourth-order valence-corrected chi connectivity index (χ4v) is 4.87. The average Bonchev–Trinajstić information content (AvgIpc) is 2.71. The first-order chi connectivity index (χ1) is 14.6. The molecule has 31 heavy (non-hydrogen) atoms. The van der Waals surface area contributed by atoms with Gasteiger partial charge in [0.05, 0.1) is 24.0 Å². The molecule has 0 aromatic heterocycles. The number of allylic oxidation sites excluding steroid dienone is 3. The Labute approximate surface area is 186 Å². The standard InChI is InChI=1S/C25H40O6/c1-5-25(4,6-2)24(30)31-21-9-7-8-17-11-10-16(3)20(23(17)21)13-12-18(26)14-19(27)15-22(28)29/h8,10-11,16,18-21,23,26-27H,5-7,9,12-15H2,1-4H3,(H,28,29). The topological polar surface area (TPSA) is 104 Å². The third-order valence-corrected chi connectivity index (χ3v) is 7.45. The fourth-order valence-electron chi connectivity index (χ4n) is 4.87. The van der Waals surface area contributed by atoms with Gasteiger partial charge in [0, 0.05) is 5.92 Å². The third kappa shape index (κ3) is 6.66. The van der Waals surface area contributed by atoms with Crippen LogP contribution in [0, 0.1) is 23.2 Å². The van der Waals surface area contributed by atoms with E-state index in [9.17, 15) is 19.8 Å². The van der Waals surface area contributed by atoms with Crippen molar-refractivity contribution in [2.75, 3.05) is 0 Å². The molecular weight excluding hydrogens is 396 g/mol. The quantitative estimate of drug-likeness (QED) is 0.418. The van der Waals surface area contributed by atoms with Crippen molar-refractivity contribution in [3.05, 3.63) is 23.8 Å². The molecule has 6 heteroatoms. The molecule has 6 atom stereocenters. The number of carbonyl (C=O) groups excluding carboxylic acids is 1. The Morgan fingerprint density at radius 2 is 1.90 bits per heavy atom. The van der Waals surface area contributed by atoms with E-state index in [-0.39, 0.29) is 42.7 Å². The van der Waals surface area contributed by atoms with E-state index in [2.05, 4.69) is 25.2 Å². The smallest absolute Gasteiger partial charge is 0.312 e. The van der Waals surface area contributed by atoms with Crippen molar-refractivity contribution in [2.24, 2.45) is 23.2 Å². The number of esters is 1. The Morgan fingerprint density at radius 1 is 1.23 bits per heavy atom. The number of aliphatic carboxylic acids is 1. The number of aliphatic hydroxyl groups excluding tert-OH is 2. The SMILES string of the molecule is CCC(C)(CC)C(=O)OC1CCC=C2C=CC(C)C(CCC(O)CC(O)CC(=O)O)C21. The highest BCUT2D eigenvalue weighted by Gasteiger charge is 2.42. The van der Waals surface area contributed by atoms with Gasteiger partial charge < -0.3 is 20.1 Å². The van der Waals surface area contributed by atoms with Gasteiger partial charge in [-0.05, 0) is 69.3 Å². The second-order valence-corrected chi connectivity index (χ2v) is 9.62. The summed E-state index contributed by atoms with van der Waals surface area (Å²) >= 11 is 0. The lowest BCUT2D eigenvalue weighted by molar-refractivity contribution is -0.165. The minimum atomic E-state index is -1.07. The molecule has 0 saturated heterocycles. The number of ether oxygens (including phenoxy) is 1. The molecule has 2 aliphatic rings. The first-order valence-corrected chi connectivity index (χ1v) is 11.8. The van der Waals surface area contributed by atoms with Gasteiger partial charge in [-0.2, -0.15) is 0 Å². The molecule has 6 nitrogen and oxygen atoms in total. The van der Waals surface area contributed by atoms with Crippen LogP contribution in [0.3, 0.4) is 0 Å². The molecule has 0 saturated carbocycles. The predicted octanol–water partition coefficient (Wildman–Crippen LogP) is 4.25. The molecule has 0 radical (unpaired) electrons. The summed E-state index contributed by atoms with van der Waals surface area (Å²) in [5, 5.41) is 29.0. The number of carbonyl (C=O) groups is 2. The van der Waals surface area contributed by atoms with Crippen LogP contribution in [0.25, 0.3) is 0 Å². The summed E-state index contributed by atoms with van der Waals surface area (Å²) in [6.07, 6.45) is 8.67. The van der Waals surface area contributed by atoms with Crippen molar-refractivity contribution in [1.82, 2.24) is 0 Å². The molecule has 6 unspecified atom stereocenters. The Kier molecular flexibility index (Phi) is 9.31. The van der Waals surface area contributed by atoms with Crippen molar-refractivity contribution < 1.29 is 29.6 Å². The molecule has 2 aliphatic carbocycles. The second-order valence-electron chi connectivity index (χ2n) is 9.62. The van der Waals surface area contributed by atoms with Crippen LogP contribution in [-0.4, -0.2) is 45.6 Å². The normalized spacial score (nSPS) is 27.7. The van der Waals surface area contributed by atoms with Crippen LogP contribution < -0.4 is 0 Å². The summed E-state index contributed by atoms with van der Waals surface area (Å²) in [6, 6.07) is 0. The predicted molar refractivity (Wildman–Crippen MR) is 119 cm³/mol. The van der Waals surface area contributed by atoms with Crippen molar-refractivity contribution in [1.29, 1.82) is 0 Å². The van der Waals surface area contributed by atoms with Crippen LogP contribution in [0.15, 0.2) is 23.8 Å². The maximum absolute atomic E-state index is 13.0. The van der Waals surface area contributed by atoms with E-state index in [1.54, 1.807) is 0 Å². The number of fused-ring (bicyclic) bond motifs is 1. The van der Waals surface area contributed by atoms with Gasteiger partial charge in [-0.25, -0.2) is 0 Å². The number of carboxylic acid groups (broad SMARTS) is 1. The van der Waals surface area contributed by atoms with Gasteiger partial charge in [-0.3, -0.25) is 9.59 Å². The van der Waals surface area contributed by atoms with Crippen LogP contribution in [0.5, 0.6) is 0 Å². The minimum Gasteiger partial charge on any atom is -0.481 e. The molecule has 0 aromatic carbocycles. The summed E-state index contributed by atoms with van der Waals surface area (Å²) in [5.41, 5.74) is 0.742. The molecular formula is C25H40O6. The van der Waals surface area contributed by atoms with E-state index in [1.807, 2.05) is 20.8 Å². The molecule has 2 rings (SSSR count). The van der Waals surface area contributed by atoms with Crippen LogP contribution in [-0.2, 0) is 14.3 Å². The van der Waals surface area contributed by atoms with Crippen LogP contribution in [0.4, 0.5) is 0 Å². The molecule has 0 spiro atoms. The molecule has 0 fully saturated rings. The molecule has 176 valence electrons.